The van der Waals surface area contributed by atoms with Gasteiger partial charge in [-0.2, -0.15) is 11.8 Å². The number of amides is 2. The van der Waals surface area contributed by atoms with Crippen LogP contribution in [0.25, 0.3) is 0 Å². The van der Waals surface area contributed by atoms with Gasteiger partial charge in [-0.3, -0.25) is 0 Å². The number of rotatable bonds is 4. The van der Waals surface area contributed by atoms with Gasteiger partial charge in [-0.1, -0.05) is 25.7 Å². The lowest BCUT2D eigenvalue weighted by Crippen LogP contribution is -2.59. The molecule has 2 amide bonds. The Bertz CT molecular complexity index is 369. The molecule has 20 heavy (non-hydrogen) atoms. The van der Waals surface area contributed by atoms with Gasteiger partial charge >= 0.3 is 12.0 Å². The maximum atomic E-state index is 12.1. The Hall–Kier alpha value is -0.910. The summed E-state index contributed by atoms with van der Waals surface area (Å²) >= 11 is 1.78. The first-order valence-corrected chi connectivity index (χ1v) is 8.71. The lowest BCUT2D eigenvalue weighted by Gasteiger charge is -2.34. The van der Waals surface area contributed by atoms with Gasteiger partial charge in [0.25, 0.3) is 0 Å². The molecule has 0 aliphatic heterocycles. The number of aliphatic carboxylic acids is 1. The highest BCUT2D eigenvalue weighted by Crippen LogP contribution is 2.30. The molecule has 2 fully saturated rings. The highest BCUT2D eigenvalue weighted by molar-refractivity contribution is 7.99. The predicted molar refractivity (Wildman–Crippen MR) is 80.1 cm³/mol. The van der Waals surface area contributed by atoms with Crippen LogP contribution in [-0.2, 0) is 4.79 Å². The van der Waals surface area contributed by atoms with Gasteiger partial charge in [0.1, 0.15) is 5.54 Å². The molecule has 2 atom stereocenters. The summed E-state index contributed by atoms with van der Waals surface area (Å²) in [5, 5.41) is 15.6. The largest absolute Gasteiger partial charge is 0.480 e. The minimum atomic E-state index is -1.06. The molecule has 114 valence electrons. The first-order valence-electron chi connectivity index (χ1n) is 7.42. The zero-order chi connectivity index (χ0) is 14.6. The summed E-state index contributed by atoms with van der Waals surface area (Å²) in [7, 11) is 0. The van der Waals surface area contributed by atoms with Crippen LogP contribution in [0.5, 0.6) is 0 Å². The van der Waals surface area contributed by atoms with Gasteiger partial charge in [0.05, 0.1) is 0 Å². The summed E-state index contributed by atoms with van der Waals surface area (Å²) in [6.07, 6.45) is 9.14. The fraction of sp³-hybridized carbons (Fsp3) is 0.857. The third-order valence-corrected chi connectivity index (χ3v) is 5.71. The second kappa shape index (κ2) is 6.70. The van der Waals surface area contributed by atoms with E-state index in [2.05, 4.69) is 16.9 Å². The molecule has 0 radical (unpaired) electrons. The van der Waals surface area contributed by atoms with Crippen molar-refractivity contribution >= 4 is 23.8 Å². The van der Waals surface area contributed by atoms with Gasteiger partial charge in [0, 0.05) is 11.3 Å². The topological polar surface area (TPSA) is 78.4 Å². The van der Waals surface area contributed by atoms with E-state index < -0.39 is 11.5 Å². The Morgan fingerprint density at radius 1 is 1.15 bits per heavy atom. The molecule has 2 rings (SSSR count). The molecular formula is C14H24N2O3S. The SMILES string of the molecule is CSC1CCCC1NC(=O)NC1(C(=O)O)CCCCC1. The number of carbonyl (C=O) groups excluding carboxylic acids is 1. The summed E-state index contributed by atoms with van der Waals surface area (Å²) in [5.74, 6) is -0.903. The van der Waals surface area contributed by atoms with Crippen LogP contribution < -0.4 is 10.6 Å². The molecule has 0 heterocycles. The fourth-order valence-electron chi connectivity index (χ4n) is 3.34. The van der Waals surface area contributed by atoms with Crippen LogP contribution in [0.15, 0.2) is 0 Å². The van der Waals surface area contributed by atoms with Crippen LogP contribution in [-0.4, -0.2) is 40.2 Å². The molecule has 2 unspecified atom stereocenters. The lowest BCUT2D eigenvalue weighted by molar-refractivity contribution is -0.145. The molecule has 0 aromatic heterocycles. The van der Waals surface area contributed by atoms with Crippen molar-refractivity contribution in [3.8, 4) is 0 Å². The first kappa shape index (κ1) is 15.5. The van der Waals surface area contributed by atoms with E-state index in [-0.39, 0.29) is 12.1 Å². The molecule has 3 N–H and O–H groups in total. The number of urea groups is 1. The van der Waals surface area contributed by atoms with E-state index in [0.29, 0.717) is 18.1 Å². The lowest BCUT2D eigenvalue weighted by atomic mass is 9.82. The Morgan fingerprint density at radius 3 is 2.45 bits per heavy atom. The smallest absolute Gasteiger partial charge is 0.329 e. The number of hydrogen-bond donors (Lipinski definition) is 3. The molecule has 2 saturated carbocycles. The summed E-state index contributed by atoms with van der Waals surface area (Å²) in [6, 6.07) is -0.153. The second-order valence-corrected chi connectivity index (χ2v) is 6.93. The average molecular weight is 300 g/mol. The van der Waals surface area contributed by atoms with Crippen LogP contribution in [0.4, 0.5) is 4.79 Å². The van der Waals surface area contributed by atoms with Crippen molar-refractivity contribution in [1.29, 1.82) is 0 Å². The molecule has 0 aromatic carbocycles. The van der Waals surface area contributed by atoms with E-state index in [1.54, 1.807) is 11.8 Å². The third kappa shape index (κ3) is 3.40. The van der Waals surface area contributed by atoms with Gasteiger partial charge in [-0.15, -0.1) is 0 Å². The molecular weight excluding hydrogens is 276 g/mol. The Balaban J connectivity index is 1.93. The van der Waals surface area contributed by atoms with E-state index in [1.807, 2.05) is 0 Å². The first-order chi connectivity index (χ1) is 9.57. The van der Waals surface area contributed by atoms with E-state index in [0.717, 1.165) is 38.5 Å². The molecule has 0 aromatic rings. The number of carboxylic acid groups (broad SMARTS) is 1. The van der Waals surface area contributed by atoms with Crippen molar-refractivity contribution in [1.82, 2.24) is 10.6 Å². The van der Waals surface area contributed by atoms with Crippen molar-refractivity contribution in [3.05, 3.63) is 0 Å². The van der Waals surface area contributed by atoms with Gasteiger partial charge in [-0.25, -0.2) is 9.59 Å². The second-order valence-electron chi connectivity index (χ2n) is 5.86. The van der Waals surface area contributed by atoms with Gasteiger partial charge in [0.2, 0.25) is 0 Å². The van der Waals surface area contributed by atoms with Gasteiger partial charge in [0.15, 0.2) is 0 Å². The summed E-state index contributed by atoms with van der Waals surface area (Å²) < 4.78 is 0. The average Bonchev–Trinajstić information content (AvgIpc) is 2.86. The van der Waals surface area contributed by atoms with Crippen molar-refractivity contribution < 1.29 is 14.7 Å². The molecule has 6 heteroatoms. The molecule has 2 aliphatic carbocycles. The normalized spacial score (nSPS) is 28.9. The van der Waals surface area contributed by atoms with Crippen molar-refractivity contribution in [3.63, 3.8) is 0 Å². The van der Waals surface area contributed by atoms with Crippen molar-refractivity contribution in [2.45, 2.75) is 68.2 Å². The predicted octanol–water partition coefficient (Wildman–Crippen LogP) is 2.36. The molecule has 2 aliphatic rings. The van der Waals surface area contributed by atoms with Gasteiger partial charge < -0.3 is 15.7 Å². The van der Waals surface area contributed by atoms with E-state index in [9.17, 15) is 14.7 Å². The monoisotopic (exact) mass is 300 g/mol. The third-order valence-electron chi connectivity index (χ3n) is 4.54. The zero-order valence-corrected chi connectivity index (χ0v) is 12.8. The molecule has 0 spiro atoms. The number of nitrogens with one attached hydrogen (secondary N) is 2. The molecule has 0 bridgehead atoms. The highest BCUT2D eigenvalue weighted by atomic mass is 32.2. The number of carbonyl (C=O) groups is 2. The maximum absolute atomic E-state index is 12.1. The molecule has 0 saturated heterocycles. The number of thioether (sulfide) groups is 1. The highest BCUT2D eigenvalue weighted by Gasteiger charge is 2.41. The maximum Gasteiger partial charge on any atom is 0.329 e. The minimum absolute atomic E-state index is 0.166. The Kier molecular flexibility index (Phi) is 5.18. The van der Waals surface area contributed by atoms with Crippen LogP contribution in [0.1, 0.15) is 51.4 Å². The number of carboxylic acids is 1. The van der Waals surface area contributed by atoms with Crippen LogP contribution in [0.2, 0.25) is 0 Å². The van der Waals surface area contributed by atoms with E-state index in [1.165, 1.54) is 0 Å². The summed E-state index contributed by atoms with van der Waals surface area (Å²) in [4.78, 5) is 23.7. The van der Waals surface area contributed by atoms with Crippen molar-refractivity contribution in [2.75, 3.05) is 6.26 Å². The summed E-state index contributed by atoms with van der Waals surface area (Å²) in [6.45, 7) is 0. The molecule has 5 nitrogen and oxygen atoms in total. The Labute approximate surface area is 124 Å². The van der Waals surface area contributed by atoms with Crippen LogP contribution >= 0.6 is 11.8 Å². The van der Waals surface area contributed by atoms with E-state index in [4.69, 9.17) is 0 Å². The fourth-order valence-corrected chi connectivity index (χ4v) is 4.28. The van der Waals surface area contributed by atoms with Crippen LogP contribution in [0, 0.1) is 0 Å². The Morgan fingerprint density at radius 2 is 1.85 bits per heavy atom. The van der Waals surface area contributed by atoms with Gasteiger partial charge in [-0.05, 0) is 31.9 Å². The number of hydrogen-bond acceptors (Lipinski definition) is 3. The summed E-state index contributed by atoms with van der Waals surface area (Å²) in [5.41, 5.74) is -1.06. The van der Waals surface area contributed by atoms with E-state index >= 15 is 0 Å². The quantitative estimate of drug-likeness (QED) is 0.745. The standard InChI is InChI=1S/C14H24N2O3S/c1-20-11-7-5-6-10(11)15-13(19)16-14(12(17)18)8-3-2-4-9-14/h10-11H,2-9H2,1H3,(H,17,18)(H2,15,16,19). The van der Waals surface area contributed by atoms with Crippen molar-refractivity contribution in [2.24, 2.45) is 0 Å². The zero-order valence-electron chi connectivity index (χ0n) is 12.0. The minimum Gasteiger partial charge on any atom is -0.480 e. The van der Waals surface area contributed by atoms with Crippen LogP contribution in [0.3, 0.4) is 0 Å².